The fourth-order valence-electron chi connectivity index (χ4n) is 1.84. The second kappa shape index (κ2) is 8.68. The zero-order chi connectivity index (χ0) is 15.8. The molecule has 0 spiro atoms. The van der Waals surface area contributed by atoms with Crippen LogP contribution in [0.15, 0.2) is 0 Å². The standard InChI is InChI=1S/C14H25NO5/c1-5-6-11(16)7-8-14(19)20-12(9-13(17)18)10-15(2,3)4/h12H,5-10H2,1-4H3/p+1. The summed E-state index contributed by atoms with van der Waals surface area (Å²) in [5.74, 6) is -1.47. The molecule has 0 saturated heterocycles. The first-order chi connectivity index (χ1) is 9.14. The van der Waals surface area contributed by atoms with Crippen molar-refractivity contribution in [2.75, 3.05) is 27.7 Å². The molecule has 0 heterocycles. The molecule has 1 N–H and O–H groups in total. The average molecular weight is 288 g/mol. The Bertz CT molecular complexity index is 346. The predicted octanol–water partition coefficient (Wildman–Crippen LogP) is 1.23. The number of rotatable bonds is 10. The summed E-state index contributed by atoms with van der Waals surface area (Å²) in [5.41, 5.74) is 0. The number of likely N-dealkylation sites (N-methyl/N-ethyl adjacent to an activating group) is 1. The van der Waals surface area contributed by atoms with E-state index in [1.165, 1.54) is 0 Å². The van der Waals surface area contributed by atoms with Crippen LogP contribution in [0.4, 0.5) is 0 Å². The van der Waals surface area contributed by atoms with Gasteiger partial charge in [-0.25, -0.2) is 0 Å². The van der Waals surface area contributed by atoms with Crippen molar-refractivity contribution < 1.29 is 28.7 Å². The number of ether oxygens (including phenoxy) is 1. The molecule has 0 radical (unpaired) electrons. The average Bonchev–Trinajstić information content (AvgIpc) is 2.23. The van der Waals surface area contributed by atoms with Gasteiger partial charge in [0, 0.05) is 12.8 Å². The molecule has 0 bridgehead atoms. The minimum Gasteiger partial charge on any atom is -0.481 e. The van der Waals surface area contributed by atoms with Crippen LogP contribution in [0.2, 0.25) is 0 Å². The summed E-state index contributed by atoms with van der Waals surface area (Å²) >= 11 is 0. The van der Waals surface area contributed by atoms with Crippen LogP contribution >= 0.6 is 0 Å². The number of carboxylic acids is 1. The Labute approximate surface area is 120 Å². The lowest BCUT2D eigenvalue weighted by Crippen LogP contribution is -2.43. The van der Waals surface area contributed by atoms with Gasteiger partial charge < -0.3 is 14.3 Å². The van der Waals surface area contributed by atoms with Gasteiger partial charge in [0.25, 0.3) is 0 Å². The quantitative estimate of drug-likeness (QED) is 0.483. The van der Waals surface area contributed by atoms with Crippen molar-refractivity contribution in [3.63, 3.8) is 0 Å². The number of carbonyl (C=O) groups excluding carboxylic acids is 2. The Morgan fingerprint density at radius 3 is 2.15 bits per heavy atom. The van der Waals surface area contributed by atoms with E-state index in [0.717, 1.165) is 6.42 Å². The first kappa shape index (κ1) is 18.6. The van der Waals surface area contributed by atoms with E-state index in [1.807, 2.05) is 28.1 Å². The molecule has 0 aliphatic rings. The summed E-state index contributed by atoms with van der Waals surface area (Å²) in [4.78, 5) is 33.8. The van der Waals surface area contributed by atoms with E-state index in [9.17, 15) is 14.4 Å². The summed E-state index contributed by atoms with van der Waals surface area (Å²) in [6.07, 6.45) is 0.524. The van der Waals surface area contributed by atoms with E-state index in [-0.39, 0.29) is 25.0 Å². The zero-order valence-corrected chi connectivity index (χ0v) is 12.8. The van der Waals surface area contributed by atoms with Crippen molar-refractivity contribution in [1.82, 2.24) is 0 Å². The monoisotopic (exact) mass is 288 g/mol. The summed E-state index contributed by atoms with van der Waals surface area (Å²) < 4.78 is 5.68. The van der Waals surface area contributed by atoms with E-state index in [4.69, 9.17) is 9.84 Å². The van der Waals surface area contributed by atoms with Crippen LogP contribution in [0.1, 0.15) is 39.0 Å². The fraction of sp³-hybridized carbons (Fsp3) is 0.786. The van der Waals surface area contributed by atoms with Gasteiger partial charge in [0.2, 0.25) is 0 Å². The topological polar surface area (TPSA) is 80.7 Å². The van der Waals surface area contributed by atoms with Crippen LogP contribution in [0, 0.1) is 0 Å². The van der Waals surface area contributed by atoms with Crippen molar-refractivity contribution in [2.24, 2.45) is 0 Å². The lowest BCUT2D eigenvalue weighted by Gasteiger charge is -2.28. The van der Waals surface area contributed by atoms with Crippen molar-refractivity contribution in [1.29, 1.82) is 0 Å². The van der Waals surface area contributed by atoms with E-state index in [1.54, 1.807) is 0 Å². The highest BCUT2D eigenvalue weighted by Gasteiger charge is 2.24. The van der Waals surface area contributed by atoms with E-state index in [0.29, 0.717) is 17.4 Å². The summed E-state index contributed by atoms with van der Waals surface area (Å²) in [5, 5.41) is 8.83. The summed E-state index contributed by atoms with van der Waals surface area (Å²) in [7, 11) is 5.69. The smallest absolute Gasteiger partial charge is 0.307 e. The minimum atomic E-state index is -1.00. The van der Waals surface area contributed by atoms with Crippen LogP contribution in [0.25, 0.3) is 0 Å². The fourth-order valence-corrected chi connectivity index (χ4v) is 1.84. The number of hydrogen-bond donors (Lipinski definition) is 1. The van der Waals surface area contributed by atoms with Crippen molar-refractivity contribution in [2.45, 2.75) is 45.1 Å². The molecule has 1 unspecified atom stereocenters. The number of carbonyl (C=O) groups is 3. The Balaban J connectivity index is 4.31. The molecule has 0 aromatic carbocycles. The van der Waals surface area contributed by atoms with Gasteiger partial charge in [-0.15, -0.1) is 0 Å². The first-order valence-electron chi connectivity index (χ1n) is 6.87. The van der Waals surface area contributed by atoms with Crippen LogP contribution in [0.3, 0.4) is 0 Å². The summed E-state index contributed by atoms with van der Waals surface area (Å²) in [6.45, 7) is 2.32. The van der Waals surface area contributed by atoms with Gasteiger partial charge in [-0.2, -0.15) is 0 Å². The third-order valence-electron chi connectivity index (χ3n) is 2.59. The molecule has 0 amide bonds. The molecule has 6 nitrogen and oxygen atoms in total. The van der Waals surface area contributed by atoms with Gasteiger partial charge in [-0.1, -0.05) is 6.92 Å². The maximum absolute atomic E-state index is 11.7. The highest BCUT2D eigenvalue weighted by atomic mass is 16.5. The van der Waals surface area contributed by atoms with Crippen LogP contribution in [0.5, 0.6) is 0 Å². The molecule has 0 aromatic heterocycles. The van der Waals surface area contributed by atoms with Crippen molar-refractivity contribution >= 4 is 17.7 Å². The lowest BCUT2D eigenvalue weighted by molar-refractivity contribution is -0.873. The second-order valence-corrected chi connectivity index (χ2v) is 5.97. The van der Waals surface area contributed by atoms with Gasteiger partial charge in [0.05, 0.1) is 34.0 Å². The maximum atomic E-state index is 11.7. The molecular weight excluding hydrogens is 262 g/mol. The molecule has 0 rings (SSSR count). The highest BCUT2D eigenvalue weighted by molar-refractivity contribution is 5.83. The zero-order valence-electron chi connectivity index (χ0n) is 12.8. The number of hydrogen-bond acceptors (Lipinski definition) is 4. The highest BCUT2D eigenvalue weighted by Crippen LogP contribution is 2.08. The molecule has 6 heteroatoms. The number of quaternary nitrogens is 1. The third-order valence-corrected chi connectivity index (χ3v) is 2.59. The molecule has 116 valence electrons. The van der Waals surface area contributed by atoms with Gasteiger partial charge in [0.15, 0.2) is 6.10 Å². The molecule has 0 saturated carbocycles. The number of nitrogens with zero attached hydrogens (tertiary/aromatic N) is 1. The van der Waals surface area contributed by atoms with Crippen LogP contribution in [-0.4, -0.2) is 61.1 Å². The molecular formula is C14H26NO5+. The number of carboxylic acid groups (broad SMARTS) is 1. The molecule has 0 aliphatic heterocycles. The molecule has 0 aromatic rings. The predicted molar refractivity (Wildman–Crippen MR) is 74.2 cm³/mol. The Morgan fingerprint density at radius 2 is 1.70 bits per heavy atom. The Kier molecular flexibility index (Phi) is 8.06. The first-order valence-corrected chi connectivity index (χ1v) is 6.87. The minimum absolute atomic E-state index is 0.0199. The van der Waals surface area contributed by atoms with Gasteiger partial charge in [0.1, 0.15) is 12.3 Å². The van der Waals surface area contributed by atoms with E-state index < -0.39 is 18.0 Å². The number of esters is 1. The number of ketones is 1. The largest absolute Gasteiger partial charge is 0.481 e. The normalized spacial score (nSPS) is 12.8. The van der Waals surface area contributed by atoms with Crippen molar-refractivity contribution in [3.05, 3.63) is 0 Å². The Hall–Kier alpha value is -1.43. The van der Waals surface area contributed by atoms with Crippen molar-refractivity contribution in [3.8, 4) is 0 Å². The van der Waals surface area contributed by atoms with E-state index in [2.05, 4.69) is 0 Å². The SMILES string of the molecule is CCCC(=O)CCC(=O)OC(CC(=O)O)C[N+](C)(C)C. The molecule has 0 fully saturated rings. The number of Topliss-reactive ketones (excluding diaryl/α,β-unsaturated/α-hetero) is 1. The van der Waals surface area contributed by atoms with Gasteiger partial charge >= 0.3 is 11.9 Å². The van der Waals surface area contributed by atoms with Crippen LogP contribution in [-0.2, 0) is 19.1 Å². The summed E-state index contributed by atoms with van der Waals surface area (Å²) in [6, 6.07) is 0. The molecule has 0 aliphatic carbocycles. The second-order valence-electron chi connectivity index (χ2n) is 5.97. The number of aliphatic carboxylic acids is 1. The van der Waals surface area contributed by atoms with Crippen LogP contribution < -0.4 is 0 Å². The van der Waals surface area contributed by atoms with Gasteiger partial charge in [-0.3, -0.25) is 14.4 Å². The Morgan fingerprint density at radius 1 is 1.10 bits per heavy atom. The molecule has 20 heavy (non-hydrogen) atoms. The maximum Gasteiger partial charge on any atom is 0.307 e. The lowest BCUT2D eigenvalue weighted by atomic mass is 10.1. The molecule has 1 atom stereocenters. The third kappa shape index (κ3) is 10.5. The van der Waals surface area contributed by atoms with Gasteiger partial charge in [-0.05, 0) is 6.42 Å². The van der Waals surface area contributed by atoms with E-state index >= 15 is 0 Å².